The van der Waals surface area contributed by atoms with Crippen molar-refractivity contribution in [2.75, 3.05) is 5.32 Å². The minimum absolute atomic E-state index is 0.242. The largest absolute Gasteiger partial charge is 0.298 e. The highest BCUT2D eigenvalue weighted by atomic mass is 35.5. The van der Waals surface area contributed by atoms with Gasteiger partial charge in [0.1, 0.15) is 11.6 Å². The highest BCUT2D eigenvalue weighted by Gasteiger charge is 2.14. The number of hydrogen-bond donors (Lipinski definition) is 1. The number of fused-ring (bicyclic) bond motifs is 1. The van der Waals surface area contributed by atoms with Gasteiger partial charge >= 0.3 is 0 Å². The van der Waals surface area contributed by atoms with Crippen LogP contribution in [0.5, 0.6) is 0 Å². The molecule has 1 aromatic heterocycles. The molecule has 21 heavy (non-hydrogen) atoms. The Morgan fingerprint density at radius 3 is 2.76 bits per heavy atom. The van der Waals surface area contributed by atoms with Crippen LogP contribution in [-0.2, 0) is 0 Å². The van der Waals surface area contributed by atoms with Crippen molar-refractivity contribution in [3.63, 3.8) is 0 Å². The fraction of sp³-hybridized carbons (Fsp3) is 0. The lowest BCUT2D eigenvalue weighted by molar-refractivity contribution is 0.102. The summed E-state index contributed by atoms with van der Waals surface area (Å²) in [6.45, 7) is 0. The van der Waals surface area contributed by atoms with E-state index in [1.165, 1.54) is 11.3 Å². The van der Waals surface area contributed by atoms with E-state index in [0.29, 0.717) is 21.7 Å². The highest BCUT2D eigenvalue weighted by molar-refractivity contribution is 7.22. The number of anilines is 1. The zero-order valence-corrected chi connectivity index (χ0v) is 11.9. The SMILES string of the molecule is O=C(Nc1nc2ccc(Cl)cc2s1)c1ccc(F)cc1F. The Bertz CT molecular complexity index is 850. The Labute approximate surface area is 127 Å². The molecule has 2 aromatic carbocycles. The van der Waals surface area contributed by atoms with E-state index in [-0.39, 0.29) is 5.56 Å². The Morgan fingerprint density at radius 2 is 2.00 bits per heavy atom. The van der Waals surface area contributed by atoms with Crippen molar-refractivity contribution in [2.24, 2.45) is 0 Å². The minimum atomic E-state index is -0.920. The van der Waals surface area contributed by atoms with E-state index in [1.54, 1.807) is 18.2 Å². The molecule has 0 fully saturated rings. The minimum Gasteiger partial charge on any atom is -0.298 e. The van der Waals surface area contributed by atoms with Crippen LogP contribution in [0.15, 0.2) is 36.4 Å². The molecule has 0 saturated heterocycles. The van der Waals surface area contributed by atoms with Gasteiger partial charge in [-0.2, -0.15) is 0 Å². The van der Waals surface area contributed by atoms with Gasteiger partial charge in [0, 0.05) is 11.1 Å². The molecule has 0 unspecified atom stereocenters. The fourth-order valence-electron chi connectivity index (χ4n) is 1.79. The van der Waals surface area contributed by atoms with Crippen LogP contribution in [0.1, 0.15) is 10.4 Å². The average molecular weight is 325 g/mol. The number of hydrogen-bond acceptors (Lipinski definition) is 3. The van der Waals surface area contributed by atoms with E-state index in [0.717, 1.165) is 16.8 Å². The molecule has 0 atom stereocenters. The first kappa shape index (κ1) is 13.9. The Kier molecular flexibility index (Phi) is 3.57. The van der Waals surface area contributed by atoms with Crippen LogP contribution < -0.4 is 5.32 Å². The molecular weight excluding hydrogens is 318 g/mol. The molecule has 0 radical (unpaired) electrons. The molecule has 0 aliphatic rings. The maximum atomic E-state index is 13.5. The summed E-state index contributed by atoms with van der Waals surface area (Å²) in [6, 6.07) is 7.91. The van der Waals surface area contributed by atoms with E-state index >= 15 is 0 Å². The van der Waals surface area contributed by atoms with Crippen molar-refractivity contribution >= 4 is 44.2 Å². The van der Waals surface area contributed by atoms with Gasteiger partial charge in [-0.05, 0) is 30.3 Å². The number of nitrogens with zero attached hydrogens (tertiary/aromatic N) is 1. The lowest BCUT2D eigenvalue weighted by Crippen LogP contribution is -2.13. The van der Waals surface area contributed by atoms with Gasteiger partial charge in [0.15, 0.2) is 5.13 Å². The lowest BCUT2D eigenvalue weighted by atomic mass is 10.2. The van der Waals surface area contributed by atoms with Crippen molar-refractivity contribution in [1.29, 1.82) is 0 Å². The topological polar surface area (TPSA) is 42.0 Å². The molecule has 3 aromatic rings. The Balaban J connectivity index is 1.89. The van der Waals surface area contributed by atoms with Crippen LogP contribution in [0.2, 0.25) is 5.02 Å². The van der Waals surface area contributed by atoms with E-state index in [1.807, 2.05) is 0 Å². The van der Waals surface area contributed by atoms with Gasteiger partial charge in [-0.3, -0.25) is 10.1 Å². The van der Waals surface area contributed by atoms with Crippen molar-refractivity contribution in [1.82, 2.24) is 4.98 Å². The summed E-state index contributed by atoms with van der Waals surface area (Å²) in [5, 5.41) is 3.37. The Morgan fingerprint density at radius 1 is 1.19 bits per heavy atom. The lowest BCUT2D eigenvalue weighted by Gasteiger charge is -2.02. The first-order chi connectivity index (χ1) is 10.0. The predicted molar refractivity (Wildman–Crippen MR) is 78.9 cm³/mol. The van der Waals surface area contributed by atoms with Crippen molar-refractivity contribution in [3.8, 4) is 0 Å². The zero-order valence-electron chi connectivity index (χ0n) is 10.4. The quantitative estimate of drug-likeness (QED) is 0.755. The molecule has 7 heteroatoms. The summed E-state index contributed by atoms with van der Waals surface area (Å²) in [7, 11) is 0. The smallest absolute Gasteiger partial charge is 0.260 e. The highest BCUT2D eigenvalue weighted by Crippen LogP contribution is 2.28. The number of rotatable bonds is 2. The summed E-state index contributed by atoms with van der Waals surface area (Å²) < 4.78 is 27.1. The van der Waals surface area contributed by atoms with Crippen LogP contribution in [-0.4, -0.2) is 10.9 Å². The number of aromatic nitrogens is 1. The van der Waals surface area contributed by atoms with Crippen LogP contribution in [0.3, 0.4) is 0 Å². The van der Waals surface area contributed by atoms with E-state index in [2.05, 4.69) is 10.3 Å². The van der Waals surface area contributed by atoms with Crippen molar-refractivity contribution in [2.45, 2.75) is 0 Å². The number of benzene rings is 2. The molecule has 1 amide bonds. The third-order valence-electron chi connectivity index (χ3n) is 2.75. The predicted octanol–water partition coefficient (Wildman–Crippen LogP) is 4.48. The summed E-state index contributed by atoms with van der Waals surface area (Å²) in [4.78, 5) is 16.2. The maximum absolute atomic E-state index is 13.5. The molecule has 3 rings (SSSR count). The maximum Gasteiger partial charge on any atom is 0.260 e. The normalized spacial score (nSPS) is 10.8. The number of halogens is 3. The number of carbonyl (C=O) groups excluding carboxylic acids is 1. The summed E-state index contributed by atoms with van der Waals surface area (Å²) in [5.74, 6) is -2.34. The second kappa shape index (κ2) is 5.38. The molecule has 0 saturated carbocycles. The van der Waals surface area contributed by atoms with Crippen LogP contribution in [0, 0.1) is 11.6 Å². The van der Waals surface area contributed by atoms with Gasteiger partial charge in [-0.15, -0.1) is 0 Å². The molecule has 3 nitrogen and oxygen atoms in total. The van der Waals surface area contributed by atoms with Crippen molar-refractivity contribution < 1.29 is 13.6 Å². The Hall–Kier alpha value is -2.05. The third-order valence-corrected chi connectivity index (χ3v) is 3.92. The number of nitrogens with one attached hydrogen (secondary N) is 1. The van der Waals surface area contributed by atoms with Crippen LogP contribution in [0.4, 0.5) is 13.9 Å². The zero-order chi connectivity index (χ0) is 15.0. The van der Waals surface area contributed by atoms with Gasteiger partial charge < -0.3 is 0 Å². The van der Waals surface area contributed by atoms with E-state index in [9.17, 15) is 13.6 Å². The second-order valence-corrected chi connectivity index (χ2v) is 5.68. The van der Waals surface area contributed by atoms with E-state index in [4.69, 9.17) is 11.6 Å². The van der Waals surface area contributed by atoms with Gasteiger partial charge in [-0.25, -0.2) is 13.8 Å². The molecule has 1 N–H and O–H groups in total. The second-order valence-electron chi connectivity index (χ2n) is 4.21. The molecule has 106 valence electrons. The molecular formula is C14H7ClF2N2OS. The van der Waals surface area contributed by atoms with Gasteiger partial charge in [0.25, 0.3) is 5.91 Å². The number of thiazole rings is 1. The summed E-state index contributed by atoms with van der Waals surface area (Å²) in [6.07, 6.45) is 0. The molecule has 0 aliphatic carbocycles. The fourth-order valence-corrected chi connectivity index (χ4v) is 2.93. The van der Waals surface area contributed by atoms with Crippen LogP contribution in [0.25, 0.3) is 10.2 Å². The van der Waals surface area contributed by atoms with Gasteiger partial charge in [-0.1, -0.05) is 22.9 Å². The summed E-state index contributed by atoms with van der Waals surface area (Å²) in [5.41, 5.74) is 0.438. The monoisotopic (exact) mass is 324 g/mol. The average Bonchev–Trinajstić information content (AvgIpc) is 2.79. The number of amides is 1. The van der Waals surface area contributed by atoms with Gasteiger partial charge in [0.2, 0.25) is 0 Å². The number of carbonyl (C=O) groups is 1. The summed E-state index contributed by atoms with van der Waals surface area (Å²) >= 11 is 7.09. The van der Waals surface area contributed by atoms with Crippen LogP contribution >= 0.6 is 22.9 Å². The first-order valence-corrected chi connectivity index (χ1v) is 7.05. The van der Waals surface area contributed by atoms with E-state index < -0.39 is 17.5 Å². The van der Waals surface area contributed by atoms with Gasteiger partial charge in [0.05, 0.1) is 15.8 Å². The molecule has 0 bridgehead atoms. The molecule has 0 spiro atoms. The molecule has 1 heterocycles. The first-order valence-electron chi connectivity index (χ1n) is 5.85. The van der Waals surface area contributed by atoms with Crippen molar-refractivity contribution in [3.05, 3.63) is 58.6 Å². The third kappa shape index (κ3) is 2.86. The standard InChI is InChI=1S/C14H7ClF2N2OS/c15-7-1-4-11-12(5-7)21-14(18-11)19-13(20)9-3-2-8(16)6-10(9)17/h1-6H,(H,18,19,20). The molecule has 0 aliphatic heterocycles.